The molecule has 0 bridgehead atoms. The Labute approximate surface area is 258 Å². The molecule has 0 radical (unpaired) electrons. The van der Waals surface area contributed by atoms with Crippen molar-refractivity contribution in [2.45, 2.75) is 49.3 Å². The Bertz CT molecular complexity index is 1990. The second kappa shape index (κ2) is 11.1. The molecular weight excluding hydrogens is 600 g/mol. The highest BCUT2D eigenvalue weighted by Gasteiger charge is 2.29. The number of primary sulfonamides is 1. The van der Waals surface area contributed by atoms with Gasteiger partial charge in [0.25, 0.3) is 0 Å². The quantitative estimate of drug-likeness (QED) is 0.180. The molecule has 0 amide bonds. The van der Waals surface area contributed by atoms with E-state index >= 15 is 4.39 Å². The number of benzene rings is 3. The fourth-order valence-corrected chi connectivity index (χ4v) is 6.85. The fraction of sp³-hybridized carbons (Fsp3) is 0.242. The molecule has 0 spiro atoms. The normalized spacial score (nSPS) is 15.0. The van der Waals surface area contributed by atoms with Crippen LogP contribution in [0, 0.1) is 11.7 Å². The molecule has 3 N–H and O–H groups in total. The van der Waals surface area contributed by atoms with E-state index in [4.69, 9.17) is 10.2 Å². The zero-order valence-electron chi connectivity index (χ0n) is 23.6. The summed E-state index contributed by atoms with van der Waals surface area (Å²) in [5.74, 6) is -0.391. The van der Waals surface area contributed by atoms with Crippen LogP contribution >= 0.6 is 11.3 Å². The third kappa shape index (κ3) is 5.82. The van der Waals surface area contributed by atoms with Gasteiger partial charge in [-0.1, -0.05) is 36.4 Å². The molecule has 2 heterocycles. The summed E-state index contributed by atoms with van der Waals surface area (Å²) < 4.78 is 40.7. The summed E-state index contributed by atoms with van der Waals surface area (Å²) in [5.41, 5.74) is 6.41. The minimum absolute atomic E-state index is 0.0234. The number of carboxylic acid groups (broad SMARTS) is 1. The molecule has 5 aromatic rings. The number of hydrogen-bond donors (Lipinski definition) is 2. The van der Waals surface area contributed by atoms with Crippen LogP contribution in [0.2, 0.25) is 0 Å². The Kier molecular flexibility index (Phi) is 7.19. The van der Waals surface area contributed by atoms with Gasteiger partial charge in [0.2, 0.25) is 15.2 Å². The summed E-state index contributed by atoms with van der Waals surface area (Å²) >= 11 is 1.18. The van der Waals surface area contributed by atoms with Crippen molar-refractivity contribution in [2.75, 3.05) is 0 Å². The first-order valence-electron chi connectivity index (χ1n) is 14.5. The average molecular weight is 629 g/mol. The second-order valence-corrected chi connectivity index (χ2v) is 14.0. The zero-order chi connectivity index (χ0) is 30.6. The fourth-order valence-electron chi connectivity index (χ4n) is 5.58. The maximum absolute atomic E-state index is 15.4. The molecule has 3 aromatic carbocycles. The summed E-state index contributed by atoms with van der Waals surface area (Å²) in [6.45, 7) is 0. The van der Waals surface area contributed by atoms with Crippen molar-refractivity contribution in [3.8, 4) is 27.5 Å². The van der Waals surface area contributed by atoms with Gasteiger partial charge in [-0.2, -0.15) is 5.10 Å². The van der Waals surface area contributed by atoms with Gasteiger partial charge >= 0.3 is 5.97 Å². The summed E-state index contributed by atoms with van der Waals surface area (Å²) in [6.07, 6.45) is 5.72. The lowest BCUT2D eigenvalue weighted by molar-refractivity contribution is 0.0691. The zero-order valence-corrected chi connectivity index (χ0v) is 25.2. The molecular formula is C33H29FN4O4S2. The van der Waals surface area contributed by atoms with E-state index in [0.29, 0.717) is 40.2 Å². The van der Waals surface area contributed by atoms with E-state index in [1.165, 1.54) is 53.3 Å². The number of carboxylic acids is 1. The molecule has 0 aliphatic heterocycles. The summed E-state index contributed by atoms with van der Waals surface area (Å²) in [5, 5.41) is 21.7. The monoisotopic (exact) mass is 628 g/mol. The highest BCUT2D eigenvalue weighted by Crippen LogP contribution is 2.42. The molecule has 0 saturated heterocycles. The Morgan fingerprint density at radius 3 is 2.32 bits per heavy atom. The SMILES string of the molecule is NS(=O)(=O)c1ccc(Cc2c(CC3CC3)nn(-c3nc(C(=O)O)cs3)c2-c2ccc(F)c(-c3ccc(C4CC4)cc3)c2)cc1. The minimum Gasteiger partial charge on any atom is -0.476 e. The van der Waals surface area contributed by atoms with Gasteiger partial charge in [-0.3, -0.25) is 0 Å². The highest BCUT2D eigenvalue weighted by atomic mass is 32.2. The van der Waals surface area contributed by atoms with Crippen molar-refractivity contribution in [3.63, 3.8) is 0 Å². The molecule has 2 saturated carbocycles. The number of carbonyl (C=O) groups is 1. The van der Waals surface area contributed by atoms with Crippen LogP contribution in [0.3, 0.4) is 0 Å². The Balaban J connectivity index is 1.38. The first kappa shape index (κ1) is 28.6. The van der Waals surface area contributed by atoms with Gasteiger partial charge in [-0.15, -0.1) is 11.3 Å². The van der Waals surface area contributed by atoms with E-state index in [1.54, 1.807) is 22.9 Å². The van der Waals surface area contributed by atoms with Gasteiger partial charge in [-0.25, -0.2) is 32.4 Å². The lowest BCUT2D eigenvalue weighted by Gasteiger charge is -2.12. The highest BCUT2D eigenvalue weighted by molar-refractivity contribution is 7.89. The smallest absolute Gasteiger partial charge is 0.355 e. The molecule has 0 unspecified atom stereocenters. The molecule has 2 aromatic heterocycles. The third-order valence-electron chi connectivity index (χ3n) is 8.28. The first-order valence-corrected chi connectivity index (χ1v) is 16.9. The number of aromatic nitrogens is 3. The van der Waals surface area contributed by atoms with Gasteiger partial charge in [0.15, 0.2) is 5.69 Å². The van der Waals surface area contributed by atoms with Crippen LogP contribution < -0.4 is 5.14 Å². The lowest BCUT2D eigenvalue weighted by Crippen LogP contribution is -2.11. The molecule has 8 nitrogen and oxygen atoms in total. The van der Waals surface area contributed by atoms with Crippen molar-refractivity contribution in [2.24, 2.45) is 11.1 Å². The number of hydrogen-bond acceptors (Lipinski definition) is 6. The topological polar surface area (TPSA) is 128 Å². The van der Waals surface area contributed by atoms with Crippen molar-refractivity contribution >= 4 is 27.3 Å². The number of nitrogens with zero attached hydrogens (tertiary/aromatic N) is 3. The van der Waals surface area contributed by atoms with E-state index in [1.807, 2.05) is 18.2 Å². The number of sulfonamides is 1. The van der Waals surface area contributed by atoms with Crippen LogP contribution in [0.25, 0.3) is 27.5 Å². The summed E-state index contributed by atoms with van der Waals surface area (Å²) in [7, 11) is -3.84. The van der Waals surface area contributed by atoms with Gasteiger partial charge < -0.3 is 5.11 Å². The van der Waals surface area contributed by atoms with E-state index in [9.17, 15) is 18.3 Å². The Morgan fingerprint density at radius 1 is 1.00 bits per heavy atom. The number of nitrogens with two attached hydrogens (primary N) is 1. The largest absolute Gasteiger partial charge is 0.476 e. The maximum atomic E-state index is 15.4. The van der Waals surface area contributed by atoms with Crippen LogP contribution in [0.1, 0.15) is 64.5 Å². The first-order chi connectivity index (χ1) is 21.1. The van der Waals surface area contributed by atoms with Crippen molar-refractivity contribution < 1.29 is 22.7 Å². The van der Waals surface area contributed by atoms with Gasteiger partial charge in [0.1, 0.15) is 5.82 Å². The predicted molar refractivity (Wildman–Crippen MR) is 166 cm³/mol. The third-order valence-corrected chi connectivity index (χ3v) is 10.0. The van der Waals surface area contributed by atoms with Gasteiger partial charge in [-0.05, 0) is 91.0 Å². The number of halogens is 1. The molecule has 224 valence electrons. The summed E-state index contributed by atoms with van der Waals surface area (Å²) in [6, 6.07) is 19.4. The van der Waals surface area contributed by atoms with Crippen molar-refractivity contribution in [1.29, 1.82) is 0 Å². The number of rotatable bonds is 10. The number of aromatic carboxylic acids is 1. The Morgan fingerprint density at radius 2 is 1.70 bits per heavy atom. The van der Waals surface area contributed by atoms with Gasteiger partial charge in [0, 0.05) is 28.5 Å². The van der Waals surface area contributed by atoms with Crippen LogP contribution in [-0.2, 0) is 22.9 Å². The van der Waals surface area contributed by atoms with Crippen LogP contribution in [0.5, 0.6) is 0 Å². The molecule has 44 heavy (non-hydrogen) atoms. The van der Waals surface area contributed by atoms with E-state index < -0.39 is 16.0 Å². The maximum Gasteiger partial charge on any atom is 0.355 e. The van der Waals surface area contributed by atoms with Crippen LogP contribution in [-0.4, -0.2) is 34.3 Å². The lowest BCUT2D eigenvalue weighted by atomic mass is 9.94. The average Bonchev–Trinajstić information content (AvgIpc) is 3.93. The van der Waals surface area contributed by atoms with E-state index in [-0.39, 0.29) is 16.4 Å². The van der Waals surface area contributed by atoms with E-state index in [0.717, 1.165) is 41.6 Å². The molecule has 2 aliphatic rings. The van der Waals surface area contributed by atoms with Gasteiger partial charge in [0.05, 0.1) is 16.3 Å². The van der Waals surface area contributed by atoms with Crippen molar-refractivity contribution in [1.82, 2.24) is 14.8 Å². The molecule has 11 heteroatoms. The molecule has 7 rings (SSSR count). The van der Waals surface area contributed by atoms with Crippen molar-refractivity contribution in [3.05, 3.63) is 106 Å². The molecule has 2 fully saturated rings. The molecule has 0 atom stereocenters. The molecule has 2 aliphatic carbocycles. The standard InChI is InChI=1S/C33H29FN4O4S2/c34-28-14-11-24(17-26(28)23-9-7-22(8-10-23)21-5-6-21)31-27(15-19-3-12-25(13-4-19)44(35,41)42)29(16-20-1-2-20)37-38(31)33-36-30(18-43-33)32(39)40/h3-4,7-14,17-18,20-21H,1-2,5-6,15-16H2,(H,39,40)(H2,35,41,42). The number of thiazole rings is 1. The summed E-state index contributed by atoms with van der Waals surface area (Å²) in [4.78, 5) is 16.1. The van der Waals surface area contributed by atoms with Crippen LogP contribution in [0.4, 0.5) is 4.39 Å². The van der Waals surface area contributed by atoms with Crippen LogP contribution in [0.15, 0.2) is 77.0 Å². The minimum atomic E-state index is -3.84. The second-order valence-electron chi connectivity index (χ2n) is 11.6. The van der Waals surface area contributed by atoms with E-state index in [2.05, 4.69) is 17.1 Å². The Hall–Kier alpha value is -4.19. The predicted octanol–water partition coefficient (Wildman–Crippen LogP) is 6.57.